The van der Waals surface area contributed by atoms with Crippen molar-refractivity contribution in [3.63, 3.8) is 0 Å². The van der Waals surface area contributed by atoms with Crippen LogP contribution in [-0.4, -0.2) is 27.2 Å². The van der Waals surface area contributed by atoms with Gasteiger partial charge in [0.15, 0.2) is 5.82 Å². The van der Waals surface area contributed by atoms with E-state index in [2.05, 4.69) is 25.9 Å². The first-order valence-electron chi connectivity index (χ1n) is 3.43. The molecule has 2 N–H and O–H groups in total. The van der Waals surface area contributed by atoms with E-state index in [-0.39, 0.29) is 31.0 Å². The summed E-state index contributed by atoms with van der Waals surface area (Å²) in [7, 11) is 0. The van der Waals surface area contributed by atoms with E-state index in [1.807, 2.05) is 0 Å². The molecule has 0 aliphatic carbocycles. The summed E-state index contributed by atoms with van der Waals surface area (Å²) in [6.45, 7) is 1.07. The van der Waals surface area contributed by atoms with Gasteiger partial charge in [-0.1, -0.05) is 5.21 Å². The van der Waals surface area contributed by atoms with Gasteiger partial charge in [-0.3, -0.25) is 0 Å². The molecule has 2 heterocycles. The van der Waals surface area contributed by atoms with Crippen molar-refractivity contribution in [1.82, 2.24) is 25.9 Å². The largest absolute Gasteiger partial charge is 1.00 e. The molecule has 0 unspecified atom stereocenters. The maximum atomic E-state index is 3.89. The Morgan fingerprint density at radius 3 is 3.00 bits per heavy atom. The molecular weight excluding hydrogens is 153 g/mol. The van der Waals surface area contributed by atoms with Crippen LogP contribution in [0.3, 0.4) is 0 Å². The number of nitrogens with one attached hydrogen (secondary N) is 2. The van der Waals surface area contributed by atoms with Crippen LogP contribution in [0.5, 0.6) is 0 Å². The molecule has 0 amide bonds. The molecule has 0 spiro atoms. The van der Waals surface area contributed by atoms with Crippen molar-refractivity contribution in [2.24, 2.45) is 0 Å². The fourth-order valence-electron chi connectivity index (χ4n) is 1.22. The van der Waals surface area contributed by atoms with Crippen molar-refractivity contribution in [2.45, 2.75) is 18.9 Å². The SMILES string of the molecule is C1CN[C@@H](c2nn[nH]n2)C1.[H-].[Na+]. The number of H-pyrrole nitrogens is 1. The Morgan fingerprint density at radius 1 is 1.55 bits per heavy atom. The van der Waals surface area contributed by atoms with Crippen LogP contribution in [0.1, 0.15) is 26.1 Å². The summed E-state index contributed by atoms with van der Waals surface area (Å²) in [6, 6.07) is 0.332. The predicted molar refractivity (Wildman–Crippen MR) is 35.3 cm³/mol. The summed E-state index contributed by atoms with van der Waals surface area (Å²) >= 11 is 0. The first kappa shape index (κ1) is 9.12. The second kappa shape index (κ2) is 4.15. The van der Waals surface area contributed by atoms with Crippen LogP contribution in [0, 0.1) is 0 Å². The topological polar surface area (TPSA) is 66.5 Å². The molecule has 1 saturated heterocycles. The molecule has 1 aliphatic rings. The predicted octanol–water partition coefficient (Wildman–Crippen LogP) is -3.26. The van der Waals surface area contributed by atoms with Crippen LogP contribution in [0.25, 0.3) is 0 Å². The van der Waals surface area contributed by atoms with E-state index in [0.29, 0.717) is 6.04 Å². The second-order valence-corrected chi connectivity index (χ2v) is 2.42. The quantitative estimate of drug-likeness (QED) is 0.426. The molecule has 1 atom stereocenters. The van der Waals surface area contributed by atoms with Crippen LogP contribution in [-0.2, 0) is 0 Å². The minimum atomic E-state index is 0. The number of rotatable bonds is 1. The zero-order valence-electron chi connectivity index (χ0n) is 7.54. The first-order valence-corrected chi connectivity index (χ1v) is 3.43. The fourth-order valence-corrected chi connectivity index (χ4v) is 1.22. The third kappa shape index (κ3) is 1.99. The molecular formula is C5H10N5Na. The Balaban J connectivity index is 0.000000605. The summed E-state index contributed by atoms with van der Waals surface area (Å²) in [5.74, 6) is 0.789. The van der Waals surface area contributed by atoms with Gasteiger partial charge >= 0.3 is 29.6 Å². The molecule has 56 valence electrons. The molecule has 2 rings (SSSR count). The number of hydrogen-bond acceptors (Lipinski definition) is 4. The number of hydrogen-bond donors (Lipinski definition) is 2. The normalized spacial score (nSPS) is 23.1. The van der Waals surface area contributed by atoms with Gasteiger partial charge in [0.25, 0.3) is 0 Å². The molecule has 0 bridgehead atoms. The van der Waals surface area contributed by atoms with Crippen LogP contribution in [0.15, 0.2) is 0 Å². The summed E-state index contributed by atoms with van der Waals surface area (Å²) in [5, 5.41) is 17.0. The van der Waals surface area contributed by atoms with Gasteiger partial charge in [-0.05, 0) is 19.4 Å². The molecule has 5 nitrogen and oxygen atoms in total. The van der Waals surface area contributed by atoms with Crippen molar-refractivity contribution in [1.29, 1.82) is 0 Å². The Hall–Kier alpha value is 0.0300. The maximum absolute atomic E-state index is 3.89. The molecule has 0 saturated carbocycles. The molecule has 1 aromatic heterocycles. The van der Waals surface area contributed by atoms with Crippen molar-refractivity contribution in [2.75, 3.05) is 6.54 Å². The van der Waals surface area contributed by atoms with Crippen molar-refractivity contribution < 1.29 is 31.0 Å². The van der Waals surface area contributed by atoms with E-state index in [9.17, 15) is 0 Å². The van der Waals surface area contributed by atoms with E-state index >= 15 is 0 Å². The summed E-state index contributed by atoms with van der Waals surface area (Å²) in [5.41, 5.74) is 0. The third-order valence-electron chi connectivity index (χ3n) is 1.73. The van der Waals surface area contributed by atoms with Crippen molar-refractivity contribution in [3.05, 3.63) is 5.82 Å². The van der Waals surface area contributed by atoms with Gasteiger partial charge in [-0.2, -0.15) is 5.21 Å². The van der Waals surface area contributed by atoms with E-state index < -0.39 is 0 Å². The van der Waals surface area contributed by atoms with E-state index in [0.717, 1.165) is 18.8 Å². The Morgan fingerprint density at radius 2 is 2.45 bits per heavy atom. The summed E-state index contributed by atoms with van der Waals surface area (Å²) < 4.78 is 0. The van der Waals surface area contributed by atoms with E-state index in [1.165, 1.54) is 6.42 Å². The van der Waals surface area contributed by atoms with Gasteiger partial charge in [-0.15, -0.1) is 10.2 Å². The number of nitrogens with zero attached hydrogens (tertiary/aromatic N) is 3. The van der Waals surface area contributed by atoms with Gasteiger partial charge in [0.2, 0.25) is 0 Å². The smallest absolute Gasteiger partial charge is 1.00 e. The van der Waals surface area contributed by atoms with Gasteiger partial charge in [0, 0.05) is 0 Å². The molecule has 0 radical (unpaired) electrons. The van der Waals surface area contributed by atoms with Crippen LogP contribution in [0.2, 0.25) is 0 Å². The Labute approximate surface area is 88.1 Å². The molecule has 0 aromatic carbocycles. The summed E-state index contributed by atoms with van der Waals surface area (Å²) in [4.78, 5) is 0. The molecule has 1 aliphatic heterocycles. The number of aromatic nitrogens is 4. The van der Waals surface area contributed by atoms with Crippen LogP contribution < -0.4 is 34.9 Å². The van der Waals surface area contributed by atoms with E-state index in [1.54, 1.807) is 0 Å². The van der Waals surface area contributed by atoms with Crippen LogP contribution in [0.4, 0.5) is 0 Å². The molecule has 11 heavy (non-hydrogen) atoms. The van der Waals surface area contributed by atoms with Crippen molar-refractivity contribution in [3.8, 4) is 0 Å². The molecule has 1 fully saturated rings. The standard InChI is InChI=1S/C5H9N5.Na.H/c1-2-4(6-3-1)5-7-9-10-8-5;;/h4,6H,1-3H2,(H,7,8,9,10);;/q;+1;-1/t4-;;/m1../s1. The zero-order chi connectivity index (χ0) is 6.81. The average molecular weight is 163 g/mol. The number of tetrazole rings is 1. The van der Waals surface area contributed by atoms with Gasteiger partial charge in [0.1, 0.15) is 0 Å². The number of aromatic amines is 1. The minimum Gasteiger partial charge on any atom is -1.00 e. The first-order chi connectivity index (χ1) is 4.97. The Bertz CT molecular complexity index is 198. The Kier molecular flexibility index (Phi) is 3.45. The van der Waals surface area contributed by atoms with Gasteiger partial charge in [0.05, 0.1) is 6.04 Å². The second-order valence-electron chi connectivity index (χ2n) is 2.42. The minimum absolute atomic E-state index is 0. The van der Waals surface area contributed by atoms with E-state index in [4.69, 9.17) is 0 Å². The van der Waals surface area contributed by atoms with Gasteiger partial charge < -0.3 is 6.74 Å². The van der Waals surface area contributed by atoms with Crippen molar-refractivity contribution >= 4 is 0 Å². The zero-order valence-corrected chi connectivity index (χ0v) is 8.54. The molecule has 1 aromatic rings. The summed E-state index contributed by atoms with van der Waals surface area (Å²) in [6.07, 6.45) is 2.33. The molecule has 6 heteroatoms. The maximum Gasteiger partial charge on any atom is 1.00 e. The monoisotopic (exact) mass is 163 g/mol. The fraction of sp³-hybridized carbons (Fsp3) is 0.800. The van der Waals surface area contributed by atoms with Gasteiger partial charge in [-0.25, -0.2) is 0 Å². The average Bonchev–Trinajstić information content (AvgIpc) is 2.59. The van der Waals surface area contributed by atoms with Crippen LogP contribution >= 0.6 is 0 Å². The third-order valence-corrected chi connectivity index (χ3v) is 1.73.